The number of halogens is 1. The van der Waals surface area contributed by atoms with Gasteiger partial charge in [-0.2, -0.15) is 0 Å². The number of rotatable bonds is 6. The molecule has 4 aromatic rings. The van der Waals surface area contributed by atoms with Gasteiger partial charge in [0.25, 0.3) is 0 Å². The standard InChI is InChI=1S/C33H29ClN2O/c1-22-8-17-32-31(18-22)29-6-3-7-30(29)33(36-32)25-11-13-27(14-12-25)35-20-23-9-15-28(16-10-23)37-21-24-4-2-5-26(34)19-24/h2-6,8-20,29-30,33,36H,7,21H2,1H3/t29-,30-,33+/m1/s1. The Hall–Kier alpha value is -3.82. The molecule has 0 unspecified atom stereocenters. The summed E-state index contributed by atoms with van der Waals surface area (Å²) in [7, 11) is 0. The van der Waals surface area contributed by atoms with Crippen LogP contribution in [0.5, 0.6) is 5.75 Å². The van der Waals surface area contributed by atoms with Crippen LogP contribution >= 0.6 is 11.6 Å². The maximum atomic E-state index is 6.05. The monoisotopic (exact) mass is 504 g/mol. The highest BCUT2D eigenvalue weighted by atomic mass is 35.5. The fraction of sp³-hybridized carbons (Fsp3) is 0.182. The first-order valence-electron chi connectivity index (χ1n) is 12.8. The normalized spacial score (nSPS) is 19.9. The van der Waals surface area contributed by atoms with E-state index in [1.165, 1.54) is 22.4 Å². The lowest BCUT2D eigenvalue weighted by Gasteiger charge is -2.37. The number of benzene rings is 4. The Morgan fingerprint density at radius 2 is 1.81 bits per heavy atom. The van der Waals surface area contributed by atoms with Gasteiger partial charge in [0.1, 0.15) is 12.4 Å². The molecule has 1 aliphatic carbocycles. The lowest BCUT2D eigenvalue weighted by atomic mass is 9.76. The molecule has 0 spiro atoms. The number of nitrogens with one attached hydrogen (secondary N) is 1. The molecule has 1 aliphatic heterocycles. The van der Waals surface area contributed by atoms with Gasteiger partial charge in [-0.25, -0.2) is 0 Å². The van der Waals surface area contributed by atoms with Crippen LogP contribution < -0.4 is 10.1 Å². The van der Waals surface area contributed by atoms with Crippen molar-refractivity contribution in [2.45, 2.75) is 31.9 Å². The zero-order chi connectivity index (χ0) is 25.2. The molecule has 1 N–H and O–H groups in total. The van der Waals surface area contributed by atoms with E-state index >= 15 is 0 Å². The molecule has 37 heavy (non-hydrogen) atoms. The average Bonchev–Trinajstić information content (AvgIpc) is 3.42. The highest BCUT2D eigenvalue weighted by Crippen LogP contribution is 2.50. The Kier molecular flexibility index (Phi) is 6.55. The molecular weight excluding hydrogens is 476 g/mol. The van der Waals surface area contributed by atoms with Crippen molar-refractivity contribution in [1.82, 2.24) is 0 Å². The molecule has 4 aromatic carbocycles. The van der Waals surface area contributed by atoms with Gasteiger partial charge in [0.05, 0.1) is 11.7 Å². The molecule has 0 amide bonds. The number of ether oxygens (including phenoxy) is 1. The van der Waals surface area contributed by atoms with Crippen LogP contribution in [0.3, 0.4) is 0 Å². The number of aliphatic imine (C=N–C) groups is 1. The third-order valence-corrected chi connectivity index (χ3v) is 7.54. The molecule has 0 fully saturated rings. The second kappa shape index (κ2) is 10.3. The van der Waals surface area contributed by atoms with Gasteiger partial charge in [0.2, 0.25) is 0 Å². The number of allylic oxidation sites excluding steroid dienone is 2. The predicted octanol–water partition coefficient (Wildman–Crippen LogP) is 8.80. The fourth-order valence-corrected chi connectivity index (χ4v) is 5.62. The fourth-order valence-electron chi connectivity index (χ4n) is 5.40. The average molecular weight is 505 g/mol. The minimum Gasteiger partial charge on any atom is -0.489 e. The van der Waals surface area contributed by atoms with Crippen LogP contribution in [0, 0.1) is 12.8 Å². The first-order chi connectivity index (χ1) is 18.1. The van der Waals surface area contributed by atoms with E-state index in [9.17, 15) is 0 Å². The number of aryl methyl sites for hydroxylation is 1. The quantitative estimate of drug-likeness (QED) is 0.210. The van der Waals surface area contributed by atoms with Crippen LogP contribution in [0.25, 0.3) is 0 Å². The number of hydrogen-bond acceptors (Lipinski definition) is 3. The van der Waals surface area contributed by atoms with E-state index in [1.54, 1.807) is 0 Å². The SMILES string of the molecule is Cc1ccc2c(c1)[C@@H]1C=CC[C@H]1[C@H](c1ccc(N=Cc3ccc(OCc4cccc(Cl)c4)cc3)cc1)N2. The van der Waals surface area contributed by atoms with Gasteiger partial charge in [-0.05, 0) is 96.1 Å². The maximum Gasteiger partial charge on any atom is 0.119 e. The summed E-state index contributed by atoms with van der Waals surface area (Å²) in [4.78, 5) is 4.69. The molecule has 6 rings (SSSR count). The Morgan fingerprint density at radius 1 is 0.973 bits per heavy atom. The molecule has 2 aliphatic rings. The molecular formula is C33H29ClN2O. The Balaban J connectivity index is 1.11. The van der Waals surface area contributed by atoms with E-state index in [4.69, 9.17) is 21.3 Å². The van der Waals surface area contributed by atoms with Gasteiger partial charge in [-0.15, -0.1) is 0 Å². The molecule has 3 atom stereocenters. The summed E-state index contributed by atoms with van der Waals surface area (Å²) in [6.07, 6.45) is 7.73. The van der Waals surface area contributed by atoms with Crippen LogP contribution in [0.2, 0.25) is 5.02 Å². The Morgan fingerprint density at radius 3 is 2.62 bits per heavy atom. The van der Waals surface area contributed by atoms with Gasteiger partial charge in [-0.3, -0.25) is 4.99 Å². The van der Waals surface area contributed by atoms with Crippen LogP contribution in [0.4, 0.5) is 11.4 Å². The van der Waals surface area contributed by atoms with Gasteiger partial charge < -0.3 is 10.1 Å². The minimum absolute atomic E-state index is 0.299. The van der Waals surface area contributed by atoms with Crippen molar-refractivity contribution in [3.05, 3.63) is 136 Å². The largest absolute Gasteiger partial charge is 0.489 e. The number of anilines is 1. The highest BCUT2D eigenvalue weighted by molar-refractivity contribution is 6.30. The molecule has 1 heterocycles. The smallest absolute Gasteiger partial charge is 0.119 e. The molecule has 0 saturated heterocycles. The summed E-state index contributed by atoms with van der Waals surface area (Å²) in [5.74, 6) is 1.84. The zero-order valence-electron chi connectivity index (χ0n) is 20.8. The Labute approximate surface area is 223 Å². The molecule has 0 radical (unpaired) electrons. The zero-order valence-corrected chi connectivity index (χ0v) is 21.5. The Bertz CT molecular complexity index is 1460. The molecule has 0 saturated carbocycles. The van der Waals surface area contributed by atoms with Crippen LogP contribution in [-0.4, -0.2) is 6.21 Å². The van der Waals surface area contributed by atoms with E-state index < -0.39 is 0 Å². The van der Waals surface area contributed by atoms with Crippen molar-refractivity contribution < 1.29 is 4.74 Å². The number of nitrogens with zero attached hydrogens (tertiary/aromatic N) is 1. The highest BCUT2D eigenvalue weighted by Gasteiger charge is 2.37. The van der Waals surface area contributed by atoms with Crippen molar-refractivity contribution in [3.63, 3.8) is 0 Å². The summed E-state index contributed by atoms with van der Waals surface area (Å²) in [5, 5.41) is 4.54. The number of hydrogen-bond donors (Lipinski definition) is 1. The van der Waals surface area contributed by atoms with E-state index in [0.29, 0.717) is 24.5 Å². The topological polar surface area (TPSA) is 33.6 Å². The van der Waals surface area contributed by atoms with E-state index in [0.717, 1.165) is 34.0 Å². The summed E-state index contributed by atoms with van der Waals surface area (Å²) < 4.78 is 5.88. The lowest BCUT2D eigenvalue weighted by Crippen LogP contribution is -2.29. The minimum atomic E-state index is 0.299. The summed E-state index contributed by atoms with van der Waals surface area (Å²) in [5.41, 5.74) is 8.33. The van der Waals surface area contributed by atoms with Crippen molar-refractivity contribution in [3.8, 4) is 5.75 Å². The molecule has 0 aromatic heterocycles. The van der Waals surface area contributed by atoms with Crippen molar-refractivity contribution in [2.75, 3.05) is 5.32 Å². The number of fused-ring (bicyclic) bond motifs is 3. The van der Waals surface area contributed by atoms with E-state index in [2.05, 4.69) is 66.9 Å². The van der Waals surface area contributed by atoms with Crippen LogP contribution in [-0.2, 0) is 6.61 Å². The summed E-state index contributed by atoms with van der Waals surface area (Å²) >= 11 is 6.05. The van der Waals surface area contributed by atoms with Crippen molar-refractivity contribution in [2.24, 2.45) is 10.9 Å². The first kappa shape index (κ1) is 23.6. The van der Waals surface area contributed by atoms with Gasteiger partial charge in [0.15, 0.2) is 0 Å². The van der Waals surface area contributed by atoms with Gasteiger partial charge in [-0.1, -0.05) is 65.7 Å². The van der Waals surface area contributed by atoms with Crippen molar-refractivity contribution >= 4 is 29.2 Å². The summed E-state index contributed by atoms with van der Waals surface area (Å²) in [6, 6.07) is 31.4. The van der Waals surface area contributed by atoms with Crippen LogP contribution in [0.1, 0.15) is 46.2 Å². The molecule has 3 nitrogen and oxygen atoms in total. The van der Waals surface area contributed by atoms with E-state index in [-0.39, 0.29) is 0 Å². The summed E-state index contributed by atoms with van der Waals surface area (Å²) in [6.45, 7) is 2.66. The van der Waals surface area contributed by atoms with Gasteiger partial charge in [0, 0.05) is 22.8 Å². The molecule has 0 bridgehead atoms. The second-order valence-corrected chi connectivity index (χ2v) is 10.3. The predicted molar refractivity (Wildman–Crippen MR) is 153 cm³/mol. The van der Waals surface area contributed by atoms with E-state index in [1.807, 2.05) is 54.7 Å². The lowest BCUT2D eigenvalue weighted by molar-refractivity contribution is 0.306. The third-order valence-electron chi connectivity index (χ3n) is 7.31. The van der Waals surface area contributed by atoms with Crippen molar-refractivity contribution in [1.29, 1.82) is 0 Å². The van der Waals surface area contributed by atoms with Crippen LogP contribution in [0.15, 0.2) is 108 Å². The second-order valence-electron chi connectivity index (χ2n) is 9.90. The maximum absolute atomic E-state index is 6.05. The van der Waals surface area contributed by atoms with Gasteiger partial charge >= 0.3 is 0 Å². The third kappa shape index (κ3) is 5.19. The molecule has 4 heteroatoms. The first-order valence-corrected chi connectivity index (χ1v) is 13.2. The molecule has 184 valence electrons.